The fourth-order valence-electron chi connectivity index (χ4n) is 5.50. The van der Waals surface area contributed by atoms with Crippen LogP contribution in [0, 0.1) is 29.5 Å². The molecule has 2 aliphatic rings. The summed E-state index contributed by atoms with van der Waals surface area (Å²) in [5.74, 6) is -0.424. The van der Waals surface area contributed by atoms with Crippen molar-refractivity contribution in [2.75, 3.05) is 0 Å². The maximum Gasteiger partial charge on any atom is 0.338 e. The maximum atomic E-state index is 13.5. The van der Waals surface area contributed by atoms with Gasteiger partial charge in [0.05, 0.1) is 5.69 Å². The van der Waals surface area contributed by atoms with Crippen molar-refractivity contribution < 1.29 is 19.0 Å². The second kappa shape index (κ2) is 7.95. The molecule has 6 atom stereocenters. The number of hydrogen-bond donors (Lipinski definition) is 1. The van der Waals surface area contributed by atoms with Gasteiger partial charge in [0.15, 0.2) is 5.60 Å². The molecule has 2 fully saturated rings. The van der Waals surface area contributed by atoms with Crippen molar-refractivity contribution in [1.82, 2.24) is 4.98 Å². The lowest BCUT2D eigenvalue weighted by Gasteiger charge is -2.45. The van der Waals surface area contributed by atoms with Crippen molar-refractivity contribution in [2.45, 2.75) is 45.3 Å². The van der Waals surface area contributed by atoms with Crippen LogP contribution in [0.15, 0.2) is 48.7 Å². The van der Waals surface area contributed by atoms with E-state index in [1.165, 1.54) is 12.1 Å². The van der Waals surface area contributed by atoms with Gasteiger partial charge in [-0.25, -0.2) is 9.18 Å². The monoisotopic (exact) mass is 409 g/mol. The molecule has 158 valence electrons. The number of allylic oxidation sites excluding steroid dienone is 1. The standard InChI is InChI=1S/C25H28FNO3/c1-4-21-15(2)13-25(29)23(16(3)30-24(25)28)22(21)11-10-20-9-8-18(14-27-20)17-6-5-7-19(26)12-17/h5-12,14-16,21-23,29H,4,13H2,1-3H3/b11-10+/t15-,16+,21+,22-,23-,25-/m0/s1. The predicted octanol–water partition coefficient (Wildman–Crippen LogP) is 4.88. The number of rotatable bonds is 4. The van der Waals surface area contributed by atoms with Crippen LogP contribution in [0.4, 0.5) is 4.39 Å². The van der Waals surface area contributed by atoms with E-state index in [0.29, 0.717) is 12.3 Å². The van der Waals surface area contributed by atoms with Crippen LogP contribution in [-0.2, 0) is 9.53 Å². The lowest BCUT2D eigenvalue weighted by Crippen LogP contribution is -2.53. The highest BCUT2D eigenvalue weighted by Gasteiger charge is 2.62. The molecule has 0 unspecified atom stereocenters. The third kappa shape index (κ3) is 3.56. The Labute approximate surface area is 176 Å². The normalized spacial score (nSPS) is 33.5. The highest BCUT2D eigenvalue weighted by Crippen LogP contribution is 2.52. The fourth-order valence-corrected chi connectivity index (χ4v) is 5.50. The van der Waals surface area contributed by atoms with Gasteiger partial charge in [0.25, 0.3) is 0 Å². The summed E-state index contributed by atoms with van der Waals surface area (Å²) >= 11 is 0. The highest BCUT2D eigenvalue weighted by atomic mass is 19.1. The molecular formula is C25H28FNO3. The van der Waals surface area contributed by atoms with E-state index in [1.54, 1.807) is 12.3 Å². The number of carbonyl (C=O) groups is 1. The molecule has 2 aromatic rings. The average Bonchev–Trinajstić information content (AvgIpc) is 2.94. The van der Waals surface area contributed by atoms with Gasteiger partial charge in [-0.3, -0.25) is 4.98 Å². The number of pyridine rings is 1. The molecule has 0 spiro atoms. The van der Waals surface area contributed by atoms with E-state index in [4.69, 9.17) is 4.74 Å². The zero-order valence-corrected chi connectivity index (χ0v) is 17.6. The molecule has 1 saturated carbocycles. The SMILES string of the molecule is CC[C@H]1[C@H](/C=C/c2ccc(-c3cccc(F)c3)cn2)[C@@H]2[C@@H](C)OC(=O)[C@]2(O)C[C@@H]1C. The predicted molar refractivity (Wildman–Crippen MR) is 114 cm³/mol. The van der Waals surface area contributed by atoms with Crippen molar-refractivity contribution in [3.05, 3.63) is 60.2 Å². The van der Waals surface area contributed by atoms with Crippen molar-refractivity contribution in [1.29, 1.82) is 0 Å². The summed E-state index contributed by atoms with van der Waals surface area (Å²) < 4.78 is 18.9. The van der Waals surface area contributed by atoms with E-state index in [1.807, 2.05) is 31.2 Å². The number of aliphatic hydroxyl groups is 1. The van der Waals surface area contributed by atoms with Gasteiger partial charge in [-0.05, 0) is 60.9 Å². The molecule has 4 rings (SSSR count). The molecule has 1 N–H and O–H groups in total. The molecule has 4 nitrogen and oxygen atoms in total. The summed E-state index contributed by atoms with van der Waals surface area (Å²) in [6.45, 7) is 6.13. The van der Waals surface area contributed by atoms with E-state index in [0.717, 1.165) is 23.2 Å². The Hall–Kier alpha value is -2.53. The van der Waals surface area contributed by atoms with Crippen LogP contribution in [0.3, 0.4) is 0 Å². The van der Waals surface area contributed by atoms with Gasteiger partial charge in [0.1, 0.15) is 11.9 Å². The van der Waals surface area contributed by atoms with Crippen LogP contribution in [0.25, 0.3) is 17.2 Å². The van der Waals surface area contributed by atoms with Crippen molar-refractivity contribution in [3.8, 4) is 11.1 Å². The molecule has 1 aliphatic carbocycles. The largest absolute Gasteiger partial charge is 0.460 e. The summed E-state index contributed by atoms with van der Waals surface area (Å²) in [5.41, 5.74) is 1.01. The van der Waals surface area contributed by atoms with Gasteiger partial charge >= 0.3 is 5.97 Å². The zero-order chi connectivity index (χ0) is 21.5. The smallest absolute Gasteiger partial charge is 0.338 e. The number of cyclic esters (lactones) is 1. The van der Waals surface area contributed by atoms with Gasteiger partial charge in [-0.2, -0.15) is 0 Å². The first-order chi connectivity index (χ1) is 14.3. The zero-order valence-electron chi connectivity index (χ0n) is 17.6. The van der Waals surface area contributed by atoms with E-state index in [9.17, 15) is 14.3 Å². The molecule has 1 aromatic carbocycles. The Morgan fingerprint density at radius 1 is 1.27 bits per heavy atom. The van der Waals surface area contributed by atoms with Gasteiger partial charge < -0.3 is 9.84 Å². The minimum absolute atomic E-state index is 0.0231. The quantitative estimate of drug-likeness (QED) is 0.732. The Kier molecular flexibility index (Phi) is 5.49. The van der Waals surface area contributed by atoms with Crippen LogP contribution in [0.1, 0.15) is 39.3 Å². The molecule has 1 aromatic heterocycles. The Morgan fingerprint density at radius 3 is 2.73 bits per heavy atom. The number of halogens is 1. The number of ether oxygens (including phenoxy) is 1. The molecule has 0 amide bonds. The summed E-state index contributed by atoms with van der Waals surface area (Å²) in [5, 5.41) is 11.1. The molecule has 1 aliphatic heterocycles. The number of carbonyl (C=O) groups excluding carboxylic acids is 1. The lowest BCUT2D eigenvalue weighted by molar-refractivity contribution is -0.160. The van der Waals surface area contributed by atoms with Crippen LogP contribution < -0.4 is 0 Å². The minimum Gasteiger partial charge on any atom is -0.460 e. The van der Waals surface area contributed by atoms with E-state index in [2.05, 4.69) is 24.9 Å². The molecule has 2 heterocycles. The van der Waals surface area contributed by atoms with Gasteiger partial charge in [0.2, 0.25) is 0 Å². The van der Waals surface area contributed by atoms with E-state index >= 15 is 0 Å². The number of benzene rings is 1. The van der Waals surface area contributed by atoms with Gasteiger partial charge in [-0.15, -0.1) is 0 Å². The molecule has 5 heteroatoms. The van der Waals surface area contributed by atoms with Crippen LogP contribution in [0.5, 0.6) is 0 Å². The number of fused-ring (bicyclic) bond motifs is 1. The molecule has 1 saturated heterocycles. The third-order valence-corrected chi connectivity index (χ3v) is 6.88. The second-order valence-corrected chi connectivity index (χ2v) is 8.73. The second-order valence-electron chi connectivity index (χ2n) is 8.73. The first-order valence-electron chi connectivity index (χ1n) is 10.7. The minimum atomic E-state index is -1.41. The van der Waals surface area contributed by atoms with Gasteiger partial charge in [0, 0.05) is 17.7 Å². The maximum absolute atomic E-state index is 13.5. The molecular weight excluding hydrogens is 381 g/mol. The number of aromatic nitrogens is 1. The molecule has 0 bridgehead atoms. The number of hydrogen-bond acceptors (Lipinski definition) is 4. The van der Waals surface area contributed by atoms with Crippen LogP contribution in [0.2, 0.25) is 0 Å². The Balaban J connectivity index is 1.60. The summed E-state index contributed by atoms with van der Waals surface area (Å²) in [6, 6.07) is 10.3. The first kappa shape index (κ1) is 20.7. The number of esters is 1. The topological polar surface area (TPSA) is 59.4 Å². The molecule has 30 heavy (non-hydrogen) atoms. The lowest BCUT2D eigenvalue weighted by atomic mass is 9.59. The summed E-state index contributed by atoms with van der Waals surface area (Å²) in [4.78, 5) is 16.9. The first-order valence-corrected chi connectivity index (χ1v) is 10.7. The highest BCUT2D eigenvalue weighted by molar-refractivity contribution is 5.82. The summed E-state index contributed by atoms with van der Waals surface area (Å²) in [6.07, 6.45) is 6.87. The van der Waals surface area contributed by atoms with Crippen molar-refractivity contribution >= 4 is 12.0 Å². The van der Waals surface area contributed by atoms with Crippen LogP contribution >= 0.6 is 0 Å². The molecule has 0 radical (unpaired) electrons. The van der Waals surface area contributed by atoms with Gasteiger partial charge in [-0.1, -0.05) is 44.5 Å². The average molecular weight is 410 g/mol. The van der Waals surface area contributed by atoms with Crippen molar-refractivity contribution in [2.24, 2.45) is 23.7 Å². The van der Waals surface area contributed by atoms with E-state index in [-0.39, 0.29) is 29.7 Å². The Morgan fingerprint density at radius 2 is 2.07 bits per heavy atom. The van der Waals surface area contributed by atoms with Crippen LogP contribution in [-0.4, -0.2) is 27.8 Å². The van der Waals surface area contributed by atoms with Crippen molar-refractivity contribution in [3.63, 3.8) is 0 Å². The number of nitrogens with zero attached hydrogens (tertiary/aromatic N) is 1. The third-order valence-electron chi connectivity index (χ3n) is 6.88. The Bertz CT molecular complexity index is 957. The fraction of sp³-hybridized carbons (Fsp3) is 0.440. The van der Waals surface area contributed by atoms with E-state index < -0.39 is 11.6 Å². The summed E-state index contributed by atoms with van der Waals surface area (Å²) in [7, 11) is 0.